The molecular weight excluding hydrogens is 270 g/mol. The van der Waals surface area contributed by atoms with Crippen molar-refractivity contribution in [3.05, 3.63) is 22.7 Å². The third-order valence-electron chi connectivity index (χ3n) is 3.77. The molecule has 0 aromatic carbocycles. The van der Waals surface area contributed by atoms with Crippen LogP contribution in [-0.4, -0.2) is 47.1 Å². The van der Waals surface area contributed by atoms with Gasteiger partial charge >= 0.3 is 0 Å². The van der Waals surface area contributed by atoms with E-state index < -0.39 is 5.60 Å². The largest absolute Gasteiger partial charge is 0.388 e. The van der Waals surface area contributed by atoms with Crippen LogP contribution in [0, 0.1) is 5.92 Å². The van der Waals surface area contributed by atoms with Gasteiger partial charge in [0, 0.05) is 58.6 Å². The Balaban J connectivity index is 2.15. The maximum Gasteiger partial charge on any atom is 0.293 e. The van der Waals surface area contributed by atoms with Crippen molar-refractivity contribution in [1.29, 1.82) is 0 Å². The first-order valence-electron chi connectivity index (χ1n) is 7.48. The highest BCUT2D eigenvalue weighted by molar-refractivity contribution is 5.35. The van der Waals surface area contributed by atoms with E-state index in [1.807, 2.05) is 0 Å². The van der Waals surface area contributed by atoms with E-state index in [-0.39, 0.29) is 5.56 Å². The molecule has 0 bridgehead atoms. The number of hydrogen-bond donors (Lipinski definition) is 1. The van der Waals surface area contributed by atoms with Gasteiger partial charge < -0.3 is 19.3 Å². The van der Waals surface area contributed by atoms with Gasteiger partial charge in [-0.05, 0) is 5.92 Å². The average Bonchev–Trinajstić information content (AvgIpc) is 2.41. The van der Waals surface area contributed by atoms with E-state index in [0.29, 0.717) is 50.9 Å². The molecule has 0 radical (unpaired) electrons. The number of nitrogens with zero attached hydrogens (tertiary/aromatic N) is 3. The van der Waals surface area contributed by atoms with Crippen molar-refractivity contribution in [1.82, 2.24) is 9.55 Å². The molecule has 0 amide bonds. The van der Waals surface area contributed by atoms with E-state index in [2.05, 4.69) is 18.8 Å². The van der Waals surface area contributed by atoms with Crippen LogP contribution in [0.15, 0.2) is 17.2 Å². The summed E-state index contributed by atoms with van der Waals surface area (Å²) in [6.07, 6.45) is 4.53. The van der Waals surface area contributed by atoms with Gasteiger partial charge in [0.05, 0.1) is 5.60 Å². The lowest BCUT2D eigenvalue weighted by Crippen LogP contribution is -2.47. The van der Waals surface area contributed by atoms with Crippen molar-refractivity contribution < 1.29 is 9.84 Å². The molecule has 0 aliphatic carbocycles. The molecule has 1 aromatic rings. The van der Waals surface area contributed by atoms with Crippen molar-refractivity contribution in [2.24, 2.45) is 5.92 Å². The van der Waals surface area contributed by atoms with Gasteiger partial charge in [-0.15, -0.1) is 0 Å². The highest BCUT2D eigenvalue weighted by Gasteiger charge is 2.32. The molecule has 2 heterocycles. The topological polar surface area (TPSA) is 67.6 Å². The van der Waals surface area contributed by atoms with Gasteiger partial charge in [-0.2, -0.15) is 0 Å². The Hall–Kier alpha value is -1.40. The number of likely N-dealkylation sites (N-methyl/N-ethyl adjacent to an activating group) is 1. The Labute approximate surface area is 125 Å². The summed E-state index contributed by atoms with van der Waals surface area (Å²) in [6, 6.07) is 0. The lowest BCUT2D eigenvalue weighted by atomic mass is 9.94. The first-order chi connectivity index (χ1) is 9.91. The van der Waals surface area contributed by atoms with E-state index in [1.165, 1.54) is 0 Å². The molecule has 1 aromatic heterocycles. The van der Waals surface area contributed by atoms with Gasteiger partial charge in [0.2, 0.25) is 0 Å². The van der Waals surface area contributed by atoms with Crippen molar-refractivity contribution in [2.75, 3.05) is 31.7 Å². The Morgan fingerprint density at radius 2 is 2.14 bits per heavy atom. The van der Waals surface area contributed by atoms with Crippen LogP contribution in [0.4, 0.5) is 5.82 Å². The molecular formula is C15H25N3O3. The van der Waals surface area contributed by atoms with Crippen LogP contribution < -0.4 is 10.5 Å². The number of aromatic nitrogens is 2. The van der Waals surface area contributed by atoms with Gasteiger partial charge in [-0.3, -0.25) is 4.79 Å². The molecule has 2 rings (SSSR count). The van der Waals surface area contributed by atoms with Gasteiger partial charge in [-0.1, -0.05) is 13.8 Å². The summed E-state index contributed by atoms with van der Waals surface area (Å²) in [4.78, 5) is 18.4. The molecule has 1 saturated heterocycles. The minimum atomic E-state index is -0.806. The van der Waals surface area contributed by atoms with Crippen LogP contribution in [-0.2, 0) is 11.3 Å². The first-order valence-corrected chi connectivity index (χ1v) is 7.48. The second-order valence-corrected chi connectivity index (χ2v) is 6.29. The Kier molecular flexibility index (Phi) is 5.00. The molecule has 1 aliphatic heterocycles. The highest BCUT2D eigenvalue weighted by Crippen LogP contribution is 2.22. The zero-order valence-electron chi connectivity index (χ0n) is 13.1. The summed E-state index contributed by atoms with van der Waals surface area (Å²) < 4.78 is 6.96. The van der Waals surface area contributed by atoms with Crippen LogP contribution >= 0.6 is 0 Å². The second-order valence-electron chi connectivity index (χ2n) is 6.29. The van der Waals surface area contributed by atoms with Crippen LogP contribution in [0.5, 0.6) is 0 Å². The van der Waals surface area contributed by atoms with E-state index in [1.54, 1.807) is 28.9 Å². The third kappa shape index (κ3) is 4.04. The Morgan fingerprint density at radius 1 is 1.48 bits per heavy atom. The van der Waals surface area contributed by atoms with Crippen LogP contribution in [0.25, 0.3) is 0 Å². The predicted molar refractivity (Wildman–Crippen MR) is 81.6 cm³/mol. The molecule has 1 N–H and O–H groups in total. The molecule has 6 nitrogen and oxygen atoms in total. The van der Waals surface area contributed by atoms with Gasteiger partial charge in [0.15, 0.2) is 5.82 Å². The summed E-state index contributed by atoms with van der Waals surface area (Å²) in [5.74, 6) is 0.779. The number of ether oxygens (including phenoxy) is 1. The van der Waals surface area contributed by atoms with Gasteiger partial charge in [0.25, 0.3) is 5.56 Å². The minimum absolute atomic E-state index is 0.107. The van der Waals surface area contributed by atoms with E-state index >= 15 is 0 Å². The molecule has 0 atom stereocenters. The molecule has 1 aliphatic rings. The number of hydrogen-bond acceptors (Lipinski definition) is 5. The smallest absolute Gasteiger partial charge is 0.293 e. The SMILES string of the molecule is CC(C)Cn1ccnc(N(C)CC2(O)CCOCC2)c1=O. The maximum atomic E-state index is 12.4. The number of rotatable bonds is 5. The molecule has 0 saturated carbocycles. The zero-order valence-corrected chi connectivity index (χ0v) is 13.1. The molecule has 6 heteroatoms. The minimum Gasteiger partial charge on any atom is -0.388 e. The number of anilines is 1. The standard InChI is InChI=1S/C15H25N3O3/c1-12(2)10-18-7-6-16-13(14(18)19)17(3)11-15(20)4-8-21-9-5-15/h6-7,12,20H,4-5,8-11H2,1-3H3. The van der Waals surface area contributed by atoms with Crippen LogP contribution in [0.1, 0.15) is 26.7 Å². The molecule has 1 fully saturated rings. The molecule has 118 valence electrons. The van der Waals surface area contributed by atoms with Crippen LogP contribution in [0.3, 0.4) is 0 Å². The average molecular weight is 295 g/mol. The fourth-order valence-corrected chi connectivity index (χ4v) is 2.66. The highest BCUT2D eigenvalue weighted by atomic mass is 16.5. The monoisotopic (exact) mass is 295 g/mol. The maximum absolute atomic E-state index is 12.4. The zero-order chi connectivity index (χ0) is 15.5. The van der Waals surface area contributed by atoms with Gasteiger partial charge in [-0.25, -0.2) is 4.98 Å². The van der Waals surface area contributed by atoms with E-state index in [9.17, 15) is 9.90 Å². The molecule has 0 unspecified atom stereocenters. The van der Waals surface area contributed by atoms with Gasteiger partial charge in [0.1, 0.15) is 0 Å². The third-order valence-corrected chi connectivity index (χ3v) is 3.77. The normalized spacial score (nSPS) is 18.0. The summed E-state index contributed by atoms with van der Waals surface area (Å²) in [7, 11) is 1.80. The summed E-state index contributed by atoms with van der Waals surface area (Å²) in [6.45, 7) is 6.32. The molecule has 0 spiro atoms. The first kappa shape index (κ1) is 16.0. The van der Waals surface area contributed by atoms with Crippen molar-refractivity contribution in [2.45, 2.75) is 38.8 Å². The molecule has 21 heavy (non-hydrogen) atoms. The van der Waals surface area contributed by atoms with E-state index in [4.69, 9.17) is 4.74 Å². The lowest BCUT2D eigenvalue weighted by Gasteiger charge is -2.35. The Morgan fingerprint density at radius 3 is 2.76 bits per heavy atom. The van der Waals surface area contributed by atoms with Crippen molar-refractivity contribution in [3.63, 3.8) is 0 Å². The fourth-order valence-electron chi connectivity index (χ4n) is 2.66. The summed E-state index contributed by atoms with van der Waals surface area (Å²) >= 11 is 0. The quantitative estimate of drug-likeness (QED) is 0.873. The predicted octanol–water partition coefficient (Wildman–Crippen LogP) is 0.877. The summed E-state index contributed by atoms with van der Waals surface area (Å²) in [5.41, 5.74) is -0.913. The fraction of sp³-hybridized carbons (Fsp3) is 0.733. The van der Waals surface area contributed by atoms with E-state index in [0.717, 1.165) is 0 Å². The van der Waals surface area contributed by atoms with Crippen molar-refractivity contribution >= 4 is 5.82 Å². The second kappa shape index (κ2) is 6.58. The lowest BCUT2D eigenvalue weighted by molar-refractivity contribution is -0.0573. The van der Waals surface area contributed by atoms with Crippen LogP contribution in [0.2, 0.25) is 0 Å². The Bertz CT molecular complexity index is 521. The van der Waals surface area contributed by atoms with Crippen molar-refractivity contribution in [3.8, 4) is 0 Å². The number of aliphatic hydroxyl groups is 1. The summed E-state index contributed by atoms with van der Waals surface area (Å²) in [5, 5.41) is 10.6.